The van der Waals surface area contributed by atoms with Crippen LogP contribution >= 0.6 is 0 Å². The van der Waals surface area contributed by atoms with Gasteiger partial charge in [0.15, 0.2) is 0 Å². The Labute approximate surface area is 99.0 Å². The summed E-state index contributed by atoms with van der Waals surface area (Å²) in [4.78, 5) is 18.7. The van der Waals surface area contributed by atoms with E-state index >= 15 is 0 Å². The molecule has 2 heterocycles. The molecule has 7 heteroatoms. The number of nitrogens with zero attached hydrogens (tertiary/aromatic N) is 4. The van der Waals surface area contributed by atoms with Crippen LogP contribution in [0.15, 0.2) is 12.1 Å². The van der Waals surface area contributed by atoms with Crippen LogP contribution in [-0.2, 0) is 0 Å². The lowest BCUT2D eigenvalue weighted by Gasteiger charge is -2.32. The second kappa shape index (κ2) is 4.54. The predicted molar refractivity (Wildman–Crippen MR) is 65.0 cm³/mol. The third kappa shape index (κ3) is 2.44. The first-order valence-corrected chi connectivity index (χ1v) is 5.42. The largest absolute Gasteiger partial charge is 0.384 e. The maximum absolute atomic E-state index is 10.9. The number of hydrogen-bond donors (Lipinski definition) is 1. The first kappa shape index (κ1) is 11.6. The summed E-state index contributed by atoms with van der Waals surface area (Å²) in [5.41, 5.74) is 5.61. The van der Waals surface area contributed by atoms with E-state index in [0.717, 1.165) is 26.2 Å². The number of nitrogens with two attached hydrogens (primary N) is 1. The Morgan fingerprint density at radius 1 is 1.35 bits per heavy atom. The van der Waals surface area contributed by atoms with Gasteiger partial charge in [-0.1, -0.05) is 0 Å². The van der Waals surface area contributed by atoms with E-state index in [9.17, 15) is 10.1 Å². The van der Waals surface area contributed by atoms with Gasteiger partial charge >= 0.3 is 5.69 Å². The fourth-order valence-electron chi connectivity index (χ4n) is 1.85. The van der Waals surface area contributed by atoms with Crippen molar-refractivity contribution >= 4 is 17.3 Å². The molecular formula is C10H15N5O2. The van der Waals surface area contributed by atoms with Gasteiger partial charge in [-0.2, -0.15) is 0 Å². The fraction of sp³-hybridized carbons (Fsp3) is 0.500. The van der Waals surface area contributed by atoms with Gasteiger partial charge in [0.1, 0.15) is 5.82 Å². The van der Waals surface area contributed by atoms with Gasteiger partial charge in [-0.15, -0.1) is 0 Å². The van der Waals surface area contributed by atoms with Crippen LogP contribution in [0.25, 0.3) is 0 Å². The molecule has 17 heavy (non-hydrogen) atoms. The Morgan fingerprint density at radius 2 is 2.00 bits per heavy atom. The summed E-state index contributed by atoms with van der Waals surface area (Å²) < 4.78 is 0. The van der Waals surface area contributed by atoms with E-state index in [1.165, 1.54) is 12.1 Å². The Kier molecular flexibility index (Phi) is 3.10. The summed E-state index contributed by atoms with van der Waals surface area (Å²) in [6.45, 7) is 3.20. The second-order valence-electron chi connectivity index (χ2n) is 4.13. The highest BCUT2D eigenvalue weighted by atomic mass is 16.6. The zero-order valence-corrected chi connectivity index (χ0v) is 9.67. The average molecular weight is 237 g/mol. The van der Waals surface area contributed by atoms with Gasteiger partial charge in [-0.25, -0.2) is 4.98 Å². The minimum atomic E-state index is -0.417. The summed E-state index contributed by atoms with van der Waals surface area (Å²) in [6, 6.07) is 2.87. The molecule has 2 rings (SSSR count). The summed E-state index contributed by atoms with van der Waals surface area (Å²) >= 11 is 0. The number of nitro groups is 1. The topological polar surface area (TPSA) is 88.5 Å². The maximum Gasteiger partial charge on any atom is 0.311 e. The van der Waals surface area contributed by atoms with Crippen molar-refractivity contribution in [2.75, 3.05) is 43.9 Å². The molecule has 2 N–H and O–H groups in total. The highest BCUT2D eigenvalue weighted by molar-refractivity contribution is 5.61. The van der Waals surface area contributed by atoms with E-state index < -0.39 is 4.92 Å². The van der Waals surface area contributed by atoms with E-state index in [-0.39, 0.29) is 5.69 Å². The van der Waals surface area contributed by atoms with Crippen LogP contribution in [0.3, 0.4) is 0 Å². The molecule has 1 aromatic rings. The Morgan fingerprint density at radius 3 is 2.59 bits per heavy atom. The first-order chi connectivity index (χ1) is 8.08. The molecule has 0 saturated carbocycles. The molecule has 0 aromatic carbocycles. The monoisotopic (exact) mass is 237 g/mol. The molecule has 92 valence electrons. The predicted octanol–water partition coefficient (Wildman–Crippen LogP) is 0.324. The lowest BCUT2D eigenvalue weighted by atomic mass is 10.3. The second-order valence-corrected chi connectivity index (χ2v) is 4.13. The third-order valence-electron chi connectivity index (χ3n) is 2.88. The van der Waals surface area contributed by atoms with Gasteiger partial charge < -0.3 is 15.5 Å². The van der Waals surface area contributed by atoms with Crippen LogP contribution in [0, 0.1) is 10.1 Å². The average Bonchev–Trinajstić information content (AvgIpc) is 2.29. The summed E-state index contributed by atoms with van der Waals surface area (Å²) in [7, 11) is 2.03. The number of nitrogen functional groups attached to an aromatic ring is 1. The Bertz CT molecular complexity index is 429. The van der Waals surface area contributed by atoms with Crippen molar-refractivity contribution in [1.29, 1.82) is 0 Å². The zero-order chi connectivity index (χ0) is 12.4. The minimum absolute atomic E-state index is 0.0174. The molecule has 1 saturated heterocycles. The van der Waals surface area contributed by atoms with Crippen molar-refractivity contribution in [1.82, 2.24) is 9.88 Å². The molecule has 0 atom stereocenters. The smallest absolute Gasteiger partial charge is 0.311 e. The van der Waals surface area contributed by atoms with Crippen molar-refractivity contribution in [3.8, 4) is 0 Å². The summed E-state index contributed by atoms with van der Waals surface area (Å²) in [5, 5.41) is 10.9. The molecular weight excluding hydrogens is 222 g/mol. The quantitative estimate of drug-likeness (QED) is 0.588. The molecule has 0 amide bonds. The number of hydrogen-bond acceptors (Lipinski definition) is 6. The molecule has 0 aliphatic carbocycles. The summed E-state index contributed by atoms with van der Waals surface area (Å²) in [6.07, 6.45) is 0. The van der Waals surface area contributed by atoms with Crippen LogP contribution in [-0.4, -0.2) is 48.0 Å². The van der Waals surface area contributed by atoms with Crippen molar-refractivity contribution in [3.05, 3.63) is 22.2 Å². The number of rotatable bonds is 2. The van der Waals surface area contributed by atoms with Crippen LogP contribution in [0.1, 0.15) is 0 Å². The molecule has 1 aliphatic rings. The SMILES string of the molecule is CN1CCN(c2nc(N)ccc2[N+](=O)[O-])CC1. The van der Waals surface area contributed by atoms with E-state index in [1.807, 2.05) is 11.9 Å². The van der Waals surface area contributed by atoms with Crippen molar-refractivity contribution < 1.29 is 4.92 Å². The minimum Gasteiger partial charge on any atom is -0.384 e. The lowest BCUT2D eigenvalue weighted by Crippen LogP contribution is -2.45. The summed E-state index contributed by atoms with van der Waals surface area (Å²) in [5.74, 6) is 0.688. The van der Waals surface area contributed by atoms with Crippen molar-refractivity contribution in [2.24, 2.45) is 0 Å². The molecule has 1 fully saturated rings. The first-order valence-electron chi connectivity index (χ1n) is 5.42. The highest BCUT2D eigenvalue weighted by Crippen LogP contribution is 2.27. The van der Waals surface area contributed by atoms with E-state index in [1.54, 1.807) is 0 Å². The number of aromatic nitrogens is 1. The van der Waals surface area contributed by atoms with Crippen molar-refractivity contribution in [2.45, 2.75) is 0 Å². The molecule has 0 unspecified atom stereocenters. The van der Waals surface area contributed by atoms with E-state index in [4.69, 9.17) is 5.73 Å². The molecule has 7 nitrogen and oxygen atoms in total. The van der Waals surface area contributed by atoms with Gasteiger partial charge in [-0.3, -0.25) is 10.1 Å². The lowest BCUT2D eigenvalue weighted by molar-refractivity contribution is -0.384. The Hall–Kier alpha value is -1.89. The number of anilines is 2. The van der Waals surface area contributed by atoms with Crippen LogP contribution in [0.4, 0.5) is 17.3 Å². The fourth-order valence-corrected chi connectivity index (χ4v) is 1.85. The molecule has 1 aromatic heterocycles. The standard InChI is InChI=1S/C10H15N5O2/c1-13-4-6-14(7-5-13)10-8(15(16)17)2-3-9(11)12-10/h2-3H,4-7H2,1H3,(H2,11,12). The van der Waals surface area contributed by atoms with E-state index in [2.05, 4.69) is 9.88 Å². The highest BCUT2D eigenvalue weighted by Gasteiger charge is 2.24. The molecule has 0 spiro atoms. The van der Waals surface area contributed by atoms with Crippen LogP contribution in [0.2, 0.25) is 0 Å². The molecule has 0 bridgehead atoms. The molecule has 0 radical (unpaired) electrons. The normalized spacial score (nSPS) is 17.1. The number of piperazine rings is 1. The zero-order valence-electron chi connectivity index (χ0n) is 9.67. The van der Waals surface area contributed by atoms with Crippen LogP contribution in [0.5, 0.6) is 0 Å². The Balaban J connectivity index is 2.30. The van der Waals surface area contributed by atoms with Gasteiger partial charge in [0.05, 0.1) is 4.92 Å². The van der Waals surface area contributed by atoms with E-state index in [0.29, 0.717) is 11.6 Å². The van der Waals surface area contributed by atoms with Crippen molar-refractivity contribution in [3.63, 3.8) is 0 Å². The number of likely N-dealkylation sites (N-methyl/N-ethyl adjacent to an activating group) is 1. The van der Waals surface area contributed by atoms with Crippen LogP contribution < -0.4 is 10.6 Å². The third-order valence-corrected chi connectivity index (χ3v) is 2.88. The maximum atomic E-state index is 10.9. The van der Waals surface area contributed by atoms with Gasteiger partial charge in [-0.05, 0) is 13.1 Å². The van der Waals surface area contributed by atoms with Gasteiger partial charge in [0.2, 0.25) is 5.82 Å². The van der Waals surface area contributed by atoms with Gasteiger partial charge in [0.25, 0.3) is 0 Å². The number of pyridine rings is 1. The van der Waals surface area contributed by atoms with Gasteiger partial charge in [0, 0.05) is 32.2 Å². The molecule has 1 aliphatic heterocycles.